The number of thioether (sulfide) groups is 1. The molecule has 2 rings (SSSR count). The third-order valence-electron chi connectivity index (χ3n) is 3.72. The molecule has 1 saturated carbocycles. The van der Waals surface area contributed by atoms with E-state index in [2.05, 4.69) is 42.5 Å². The monoisotopic (exact) mass is 285 g/mol. The summed E-state index contributed by atoms with van der Waals surface area (Å²) in [6.45, 7) is 6.87. The van der Waals surface area contributed by atoms with Gasteiger partial charge in [0.05, 0.1) is 0 Å². The highest BCUT2D eigenvalue weighted by Crippen LogP contribution is 2.42. The van der Waals surface area contributed by atoms with E-state index in [0.29, 0.717) is 16.7 Å². The van der Waals surface area contributed by atoms with Crippen molar-refractivity contribution in [3.05, 3.63) is 5.82 Å². The van der Waals surface area contributed by atoms with Crippen molar-refractivity contribution in [3.8, 4) is 0 Å². The minimum Gasteiger partial charge on any atom is -0.316 e. The highest BCUT2D eigenvalue weighted by Gasteiger charge is 2.35. The van der Waals surface area contributed by atoms with Crippen molar-refractivity contribution >= 4 is 23.3 Å². The molecule has 2 unspecified atom stereocenters. The Kier molecular flexibility index (Phi) is 4.67. The maximum Gasteiger partial charge on any atom is 0.170 e. The molecule has 1 aromatic rings. The van der Waals surface area contributed by atoms with Gasteiger partial charge in [0.1, 0.15) is 5.82 Å². The SMILES string of the molecule is CCc1nsc(SC2CC(C)(C)CCC2NC)n1. The first-order chi connectivity index (χ1) is 8.54. The lowest BCUT2D eigenvalue weighted by Gasteiger charge is -2.39. The lowest BCUT2D eigenvalue weighted by atomic mass is 9.75. The molecule has 1 N–H and O–H groups in total. The summed E-state index contributed by atoms with van der Waals surface area (Å²) in [6, 6.07) is 0.608. The van der Waals surface area contributed by atoms with E-state index in [1.165, 1.54) is 19.3 Å². The number of rotatable bonds is 4. The quantitative estimate of drug-likeness (QED) is 0.920. The van der Waals surface area contributed by atoms with Gasteiger partial charge in [-0.1, -0.05) is 32.5 Å². The highest BCUT2D eigenvalue weighted by atomic mass is 32.2. The van der Waals surface area contributed by atoms with Crippen LogP contribution in [0.3, 0.4) is 0 Å². The van der Waals surface area contributed by atoms with E-state index in [9.17, 15) is 0 Å². The average Bonchev–Trinajstić information content (AvgIpc) is 2.76. The normalized spacial score (nSPS) is 27.3. The van der Waals surface area contributed by atoms with Crippen LogP contribution in [0.15, 0.2) is 4.34 Å². The molecule has 0 aromatic carbocycles. The lowest BCUT2D eigenvalue weighted by Crippen LogP contribution is -2.43. The highest BCUT2D eigenvalue weighted by molar-refractivity contribution is 8.01. The van der Waals surface area contributed by atoms with Crippen molar-refractivity contribution in [1.82, 2.24) is 14.7 Å². The summed E-state index contributed by atoms with van der Waals surface area (Å²) in [5, 5.41) is 4.09. The van der Waals surface area contributed by atoms with Crippen molar-refractivity contribution in [2.45, 2.75) is 62.1 Å². The van der Waals surface area contributed by atoms with Gasteiger partial charge < -0.3 is 5.32 Å². The van der Waals surface area contributed by atoms with E-state index in [0.717, 1.165) is 16.6 Å². The zero-order valence-electron chi connectivity index (χ0n) is 11.7. The van der Waals surface area contributed by atoms with Crippen molar-refractivity contribution in [3.63, 3.8) is 0 Å². The summed E-state index contributed by atoms with van der Waals surface area (Å²) in [4.78, 5) is 4.58. The van der Waals surface area contributed by atoms with Crippen LogP contribution in [0.5, 0.6) is 0 Å². The molecule has 102 valence electrons. The minimum absolute atomic E-state index is 0.462. The molecule has 1 aliphatic rings. The molecule has 0 bridgehead atoms. The molecule has 5 heteroatoms. The molecule has 0 amide bonds. The lowest BCUT2D eigenvalue weighted by molar-refractivity contribution is 0.218. The largest absolute Gasteiger partial charge is 0.316 e. The molecule has 0 saturated heterocycles. The zero-order chi connectivity index (χ0) is 13.2. The Morgan fingerprint density at radius 2 is 2.28 bits per heavy atom. The second kappa shape index (κ2) is 5.88. The Labute approximate surface area is 118 Å². The van der Waals surface area contributed by atoms with E-state index >= 15 is 0 Å². The fraction of sp³-hybridized carbons (Fsp3) is 0.846. The smallest absolute Gasteiger partial charge is 0.170 e. The van der Waals surface area contributed by atoms with E-state index in [-0.39, 0.29) is 0 Å². The van der Waals surface area contributed by atoms with Crippen LogP contribution in [0.1, 0.15) is 45.9 Å². The van der Waals surface area contributed by atoms with Crippen molar-refractivity contribution in [1.29, 1.82) is 0 Å². The Bertz CT molecular complexity index is 389. The molecule has 18 heavy (non-hydrogen) atoms. The second-order valence-corrected chi connectivity index (χ2v) is 8.03. The summed E-state index contributed by atoms with van der Waals surface area (Å²) in [5.74, 6) is 0.985. The maximum absolute atomic E-state index is 4.58. The molecule has 3 nitrogen and oxygen atoms in total. The van der Waals surface area contributed by atoms with Gasteiger partial charge in [-0.25, -0.2) is 4.98 Å². The van der Waals surface area contributed by atoms with Gasteiger partial charge in [0.25, 0.3) is 0 Å². The Morgan fingerprint density at radius 3 is 2.89 bits per heavy atom. The molecular weight excluding hydrogens is 262 g/mol. The van der Waals surface area contributed by atoms with Crippen LogP contribution in [0, 0.1) is 5.41 Å². The first-order valence-corrected chi connectivity index (χ1v) is 8.36. The van der Waals surface area contributed by atoms with Gasteiger partial charge in [0, 0.05) is 17.7 Å². The molecule has 1 heterocycles. The summed E-state index contributed by atoms with van der Waals surface area (Å²) in [6.07, 6.45) is 4.76. The predicted octanol–water partition coefficient (Wildman–Crippen LogP) is 3.36. The van der Waals surface area contributed by atoms with Gasteiger partial charge in [-0.15, -0.1) is 0 Å². The average molecular weight is 285 g/mol. The van der Waals surface area contributed by atoms with Gasteiger partial charge in [-0.05, 0) is 43.3 Å². The van der Waals surface area contributed by atoms with Crippen LogP contribution in [0.4, 0.5) is 0 Å². The van der Waals surface area contributed by atoms with Crippen molar-refractivity contribution in [2.75, 3.05) is 7.05 Å². The predicted molar refractivity (Wildman–Crippen MR) is 79.4 cm³/mol. The molecule has 1 aromatic heterocycles. The number of nitrogens with zero attached hydrogens (tertiary/aromatic N) is 2. The number of aryl methyl sites for hydroxylation is 1. The minimum atomic E-state index is 0.462. The van der Waals surface area contributed by atoms with Crippen LogP contribution in [0.25, 0.3) is 0 Å². The summed E-state index contributed by atoms with van der Waals surface area (Å²) < 4.78 is 5.51. The molecular formula is C13H23N3S2. The standard InChI is InChI=1S/C13H23N3S2/c1-5-11-15-12(18-16-11)17-10-8-13(2,3)7-6-9(10)14-4/h9-10,14H,5-8H2,1-4H3. The number of aromatic nitrogens is 2. The van der Waals surface area contributed by atoms with Crippen LogP contribution < -0.4 is 5.32 Å². The zero-order valence-corrected chi connectivity index (χ0v) is 13.3. The first kappa shape index (κ1) is 14.3. The van der Waals surface area contributed by atoms with Crippen LogP contribution >= 0.6 is 23.3 Å². The maximum atomic E-state index is 4.58. The van der Waals surface area contributed by atoms with Gasteiger partial charge in [0.2, 0.25) is 0 Å². The van der Waals surface area contributed by atoms with E-state index < -0.39 is 0 Å². The van der Waals surface area contributed by atoms with Gasteiger partial charge >= 0.3 is 0 Å². The van der Waals surface area contributed by atoms with Gasteiger partial charge in [0.15, 0.2) is 4.34 Å². The topological polar surface area (TPSA) is 37.8 Å². The Balaban J connectivity index is 2.04. The molecule has 0 radical (unpaired) electrons. The molecule has 0 spiro atoms. The fourth-order valence-corrected chi connectivity index (χ4v) is 5.08. The number of hydrogen-bond acceptors (Lipinski definition) is 5. The van der Waals surface area contributed by atoms with E-state index in [1.807, 2.05) is 11.8 Å². The molecule has 0 aliphatic heterocycles. The summed E-state index contributed by atoms with van der Waals surface area (Å²) >= 11 is 3.47. The van der Waals surface area contributed by atoms with Gasteiger partial charge in [-0.3, -0.25) is 0 Å². The fourth-order valence-electron chi connectivity index (χ4n) is 2.53. The Hall–Kier alpha value is -0.130. The second-order valence-electron chi connectivity index (χ2n) is 5.79. The van der Waals surface area contributed by atoms with Crippen LogP contribution in [-0.4, -0.2) is 27.7 Å². The van der Waals surface area contributed by atoms with Crippen LogP contribution in [0.2, 0.25) is 0 Å². The van der Waals surface area contributed by atoms with E-state index in [1.54, 1.807) is 11.5 Å². The number of hydrogen-bond donors (Lipinski definition) is 1. The van der Waals surface area contributed by atoms with Crippen LogP contribution in [-0.2, 0) is 6.42 Å². The van der Waals surface area contributed by atoms with Gasteiger partial charge in [-0.2, -0.15) is 4.37 Å². The summed E-state index contributed by atoms with van der Waals surface area (Å²) in [7, 11) is 2.08. The Morgan fingerprint density at radius 1 is 1.50 bits per heavy atom. The van der Waals surface area contributed by atoms with E-state index in [4.69, 9.17) is 0 Å². The number of nitrogens with one attached hydrogen (secondary N) is 1. The molecule has 2 atom stereocenters. The molecule has 1 aliphatic carbocycles. The third kappa shape index (κ3) is 3.45. The third-order valence-corrected chi connectivity index (χ3v) is 5.88. The van der Waals surface area contributed by atoms with Crippen molar-refractivity contribution < 1.29 is 0 Å². The van der Waals surface area contributed by atoms with Crippen molar-refractivity contribution in [2.24, 2.45) is 5.41 Å². The molecule has 1 fully saturated rings. The first-order valence-electron chi connectivity index (χ1n) is 6.70. The summed E-state index contributed by atoms with van der Waals surface area (Å²) in [5.41, 5.74) is 0.462.